The molecule has 0 aromatic heterocycles. The van der Waals surface area contributed by atoms with Crippen molar-refractivity contribution in [2.24, 2.45) is 4.99 Å². The summed E-state index contributed by atoms with van der Waals surface area (Å²) in [4.78, 5) is 4.18. The van der Waals surface area contributed by atoms with Gasteiger partial charge in [0.25, 0.3) is 0 Å². The maximum atomic E-state index is 12.6. The lowest BCUT2D eigenvalue weighted by molar-refractivity contribution is -0.274. The van der Waals surface area contributed by atoms with Crippen LogP contribution >= 0.6 is 0 Å². The maximum Gasteiger partial charge on any atom is 0.573 e. The van der Waals surface area contributed by atoms with Gasteiger partial charge in [-0.3, -0.25) is 4.99 Å². The molecule has 0 spiro atoms. The second-order valence-corrected chi connectivity index (χ2v) is 7.24. The summed E-state index contributed by atoms with van der Waals surface area (Å²) in [6.45, 7) is 2.79. The van der Waals surface area contributed by atoms with Crippen molar-refractivity contribution in [2.75, 3.05) is 33.4 Å². The standard InChI is InChI=1S/C20H28F3N3O3/c1-24-19(25-9-5-10-27-13-14-6-4-11-28-14)26-17-12-16(17)15-7-2-3-8-18(15)29-20(21,22)23/h2-3,7-8,14,16-17H,4-6,9-13H2,1H3,(H2,24,25,26). The van der Waals surface area contributed by atoms with Gasteiger partial charge >= 0.3 is 6.36 Å². The van der Waals surface area contributed by atoms with Gasteiger partial charge in [0.1, 0.15) is 5.75 Å². The summed E-state index contributed by atoms with van der Waals surface area (Å²) in [6.07, 6.45) is -0.750. The number of ether oxygens (including phenoxy) is 3. The highest BCUT2D eigenvalue weighted by Crippen LogP contribution is 2.45. The van der Waals surface area contributed by atoms with Crippen molar-refractivity contribution in [1.29, 1.82) is 0 Å². The monoisotopic (exact) mass is 415 g/mol. The van der Waals surface area contributed by atoms with Gasteiger partial charge in [-0.25, -0.2) is 0 Å². The average Bonchev–Trinajstić information content (AvgIpc) is 3.23. The molecule has 29 heavy (non-hydrogen) atoms. The van der Waals surface area contributed by atoms with E-state index in [-0.39, 0.29) is 23.8 Å². The number of aliphatic imine (C=N–C) groups is 1. The van der Waals surface area contributed by atoms with Crippen LogP contribution in [0.3, 0.4) is 0 Å². The van der Waals surface area contributed by atoms with Crippen molar-refractivity contribution in [2.45, 2.75) is 50.1 Å². The van der Waals surface area contributed by atoms with Crippen LogP contribution < -0.4 is 15.4 Å². The lowest BCUT2D eigenvalue weighted by Crippen LogP contribution is -2.39. The van der Waals surface area contributed by atoms with E-state index >= 15 is 0 Å². The van der Waals surface area contributed by atoms with Crippen molar-refractivity contribution in [1.82, 2.24) is 10.6 Å². The molecule has 0 amide bonds. The van der Waals surface area contributed by atoms with Crippen LogP contribution in [0.2, 0.25) is 0 Å². The normalized spacial score (nSPS) is 24.4. The third-order valence-corrected chi connectivity index (χ3v) is 4.97. The molecule has 1 aliphatic carbocycles. The van der Waals surface area contributed by atoms with Gasteiger partial charge in [0.05, 0.1) is 12.7 Å². The Hall–Kier alpha value is -2.00. The first kappa shape index (κ1) is 21.7. The molecule has 2 aliphatic rings. The van der Waals surface area contributed by atoms with Gasteiger partial charge < -0.3 is 24.8 Å². The van der Waals surface area contributed by atoms with Gasteiger partial charge in [-0.1, -0.05) is 18.2 Å². The molecule has 162 valence electrons. The van der Waals surface area contributed by atoms with Crippen molar-refractivity contribution in [3.05, 3.63) is 29.8 Å². The highest BCUT2D eigenvalue weighted by atomic mass is 19.4. The first-order chi connectivity index (χ1) is 14.0. The minimum absolute atomic E-state index is 0.0231. The molecule has 1 saturated carbocycles. The summed E-state index contributed by atoms with van der Waals surface area (Å²) in [5.41, 5.74) is 0.556. The summed E-state index contributed by atoms with van der Waals surface area (Å²) in [5.74, 6) is 0.452. The summed E-state index contributed by atoms with van der Waals surface area (Å²) in [5, 5.41) is 6.47. The fourth-order valence-corrected chi connectivity index (χ4v) is 3.44. The minimum atomic E-state index is -4.70. The highest BCUT2D eigenvalue weighted by molar-refractivity contribution is 5.80. The zero-order valence-electron chi connectivity index (χ0n) is 16.5. The van der Waals surface area contributed by atoms with Crippen LogP contribution in [-0.4, -0.2) is 57.9 Å². The molecule has 1 saturated heterocycles. The summed E-state index contributed by atoms with van der Waals surface area (Å²) in [7, 11) is 1.67. The molecule has 1 aromatic carbocycles. The van der Waals surface area contributed by atoms with Crippen LogP contribution in [-0.2, 0) is 9.47 Å². The Balaban J connectivity index is 1.37. The molecular formula is C20H28F3N3O3. The lowest BCUT2D eigenvalue weighted by atomic mass is 10.1. The Morgan fingerprint density at radius 3 is 2.86 bits per heavy atom. The van der Waals surface area contributed by atoms with E-state index in [1.165, 1.54) is 12.1 Å². The average molecular weight is 415 g/mol. The number of guanidine groups is 1. The molecule has 1 aromatic rings. The highest BCUT2D eigenvalue weighted by Gasteiger charge is 2.42. The maximum absolute atomic E-state index is 12.6. The summed E-state index contributed by atoms with van der Waals surface area (Å²) < 4.78 is 53.1. The molecule has 3 rings (SSSR count). The molecule has 6 nitrogen and oxygen atoms in total. The molecule has 3 atom stereocenters. The first-order valence-corrected chi connectivity index (χ1v) is 9.97. The Kier molecular flexibility index (Phi) is 7.60. The van der Waals surface area contributed by atoms with Gasteiger partial charge in [-0.15, -0.1) is 13.2 Å². The van der Waals surface area contributed by atoms with E-state index in [0.717, 1.165) is 32.3 Å². The predicted molar refractivity (Wildman–Crippen MR) is 103 cm³/mol. The second kappa shape index (κ2) is 10.2. The lowest BCUT2D eigenvalue weighted by Gasteiger charge is -2.15. The zero-order valence-corrected chi connectivity index (χ0v) is 16.5. The van der Waals surface area contributed by atoms with E-state index in [2.05, 4.69) is 20.4 Å². The van der Waals surface area contributed by atoms with Crippen molar-refractivity contribution >= 4 is 5.96 Å². The minimum Gasteiger partial charge on any atom is -0.405 e. The SMILES string of the molecule is CN=C(NCCCOCC1CCCO1)NC1CC1c1ccccc1OC(F)(F)F. The Bertz CT molecular complexity index is 678. The van der Waals surface area contributed by atoms with E-state index < -0.39 is 6.36 Å². The fourth-order valence-electron chi connectivity index (χ4n) is 3.44. The zero-order chi connectivity index (χ0) is 20.7. The van der Waals surface area contributed by atoms with Crippen molar-refractivity contribution < 1.29 is 27.4 Å². The smallest absolute Gasteiger partial charge is 0.405 e. The van der Waals surface area contributed by atoms with E-state index in [4.69, 9.17) is 9.47 Å². The van der Waals surface area contributed by atoms with Crippen LogP contribution in [0.5, 0.6) is 5.75 Å². The number of benzene rings is 1. The Morgan fingerprint density at radius 2 is 2.14 bits per heavy atom. The van der Waals surface area contributed by atoms with E-state index in [9.17, 15) is 13.2 Å². The fraction of sp³-hybridized carbons (Fsp3) is 0.650. The van der Waals surface area contributed by atoms with Gasteiger partial charge in [-0.2, -0.15) is 0 Å². The number of nitrogens with zero attached hydrogens (tertiary/aromatic N) is 1. The van der Waals surface area contributed by atoms with E-state index in [0.29, 0.717) is 31.3 Å². The van der Waals surface area contributed by atoms with Gasteiger partial charge in [0, 0.05) is 38.8 Å². The van der Waals surface area contributed by atoms with Crippen LogP contribution in [0.4, 0.5) is 13.2 Å². The number of hydrogen-bond acceptors (Lipinski definition) is 4. The van der Waals surface area contributed by atoms with Crippen molar-refractivity contribution in [3.8, 4) is 5.75 Å². The molecule has 3 unspecified atom stereocenters. The van der Waals surface area contributed by atoms with Gasteiger partial charge in [-0.05, 0) is 37.3 Å². The third-order valence-electron chi connectivity index (χ3n) is 4.97. The Labute approximate surface area is 168 Å². The quantitative estimate of drug-likeness (QED) is 0.369. The van der Waals surface area contributed by atoms with Crippen molar-refractivity contribution in [3.63, 3.8) is 0 Å². The van der Waals surface area contributed by atoms with Crippen LogP contribution in [0.1, 0.15) is 37.2 Å². The topological polar surface area (TPSA) is 64.1 Å². The molecule has 2 N–H and O–H groups in total. The number of nitrogens with one attached hydrogen (secondary N) is 2. The number of rotatable bonds is 9. The molecule has 2 fully saturated rings. The molecule has 0 bridgehead atoms. The Morgan fingerprint density at radius 1 is 1.31 bits per heavy atom. The largest absolute Gasteiger partial charge is 0.573 e. The number of halogens is 3. The molecular weight excluding hydrogens is 387 g/mol. The summed E-state index contributed by atoms with van der Waals surface area (Å²) in [6, 6.07) is 6.31. The second-order valence-electron chi connectivity index (χ2n) is 7.24. The van der Waals surface area contributed by atoms with Crippen LogP contribution in [0.15, 0.2) is 29.3 Å². The molecule has 1 aliphatic heterocycles. The number of hydrogen-bond donors (Lipinski definition) is 2. The van der Waals surface area contributed by atoms with Crippen LogP contribution in [0, 0.1) is 0 Å². The molecule has 1 heterocycles. The number of para-hydroxylation sites is 1. The third kappa shape index (κ3) is 7.08. The first-order valence-electron chi connectivity index (χ1n) is 9.97. The summed E-state index contributed by atoms with van der Waals surface area (Å²) >= 11 is 0. The number of alkyl halides is 3. The van der Waals surface area contributed by atoms with Crippen LogP contribution in [0.25, 0.3) is 0 Å². The van der Waals surface area contributed by atoms with Gasteiger partial charge in [0.15, 0.2) is 5.96 Å². The molecule has 0 radical (unpaired) electrons. The van der Waals surface area contributed by atoms with E-state index in [1.54, 1.807) is 19.2 Å². The van der Waals surface area contributed by atoms with E-state index in [1.807, 2.05) is 0 Å². The predicted octanol–water partition coefficient (Wildman–Crippen LogP) is 3.19. The molecule has 9 heteroatoms. The van der Waals surface area contributed by atoms with Gasteiger partial charge in [0.2, 0.25) is 0 Å².